The number of amides is 1. The molecule has 1 aromatic carbocycles. The highest BCUT2D eigenvalue weighted by Crippen LogP contribution is 2.15. The van der Waals surface area contributed by atoms with Gasteiger partial charge < -0.3 is 5.32 Å². The summed E-state index contributed by atoms with van der Waals surface area (Å²) in [6.07, 6.45) is 3.31. The lowest BCUT2D eigenvalue weighted by Crippen LogP contribution is -2.15. The number of para-hydroxylation sites is 1. The highest BCUT2D eigenvalue weighted by atomic mass is 16.1. The third-order valence-electron chi connectivity index (χ3n) is 2.60. The topological polar surface area (TPSA) is 52.9 Å². The molecule has 19 heavy (non-hydrogen) atoms. The standard InChI is InChI=1S/C16H16N2O/c1-4-13(3)15(10-12(2)11-17)16(19)18-14-8-6-5-7-9-14/h4-10H,2H2,1,3H3,(H,18,19). The van der Waals surface area contributed by atoms with Crippen molar-refractivity contribution < 1.29 is 4.79 Å². The molecule has 1 rings (SSSR count). The molecule has 1 N–H and O–H groups in total. The molecule has 0 saturated heterocycles. The maximum Gasteiger partial charge on any atom is 0.255 e. The molecule has 0 aromatic heterocycles. The van der Waals surface area contributed by atoms with E-state index in [0.717, 1.165) is 5.57 Å². The molecule has 3 heteroatoms. The first-order valence-corrected chi connectivity index (χ1v) is 5.89. The highest BCUT2D eigenvalue weighted by Gasteiger charge is 2.11. The Balaban J connectivity index is 3.00. The summed E-state index contributed by atoms with van der Waals surface area (Å²) in [5.41, 5.74) is 2.20. The molecule has 0 atom stereocenters. The average Bonchev–Trinajstić information content (AvgIpc) is 2.44. The molecule has 3 nitrogen and oxygen atoms in total. The van der Waals surface area contributed by atoms with Crippen LogP contribution in [0.2, 0.25) is 0 Å². The Morgan fingerprint density at radius 3 is 2.53 bits per heavy atom. The SMILES string of the molecule is C=C(C#N)C=C(C(=O)Nc1ccccc1)C(C)=CC. The molecule has 0 aliphatic carbocycles. The molecule has 0 aliphatic rings. The summed E-state index contributed by atoms with van der Waals surface area (Å²) in [5.74, 6) is -0.252. The number of rotatable bonds is 4. The van der Waals surface area contributed by atoms with Crippen molar-refractivity contribution in [1.29, 1.82) is 5.26 Å². The minimum Gasteiger partial charge on any atom is -0.322 e. The predicted molar refractivity (Wildman–Crippen MR) is 77.3 cm³/mol. The molecular weight excluding hydrogens is 236 g/mol. The number of hydrogen-bond acceptors (Lipinski definition) is 2. The summed E-state index contributed by atoms with van der Waals surface area (Å²) in [7, 11) is 0. The van der Waals surface area contributed by atoms with Crippen LogP contribution in [0.15, 0.2) is 65.8 Å². The van der Waals surface area contributed by atoms with E-state index in [4.69, 9.17) is 5.26 Å². The van der Waals surface area contributed by atoms with Gasteiger partial charge in [-0.15, -0.1) is 0 Å². The lowest BCUT2D eigenvalue weighted by atomic mass is 10.0. The molecule has 0 radical (unpaired) electrons. The normalized spacial score (nSPS) is 11.6. The van der Waals surface area contributed by atoms with Gasteiger partial charge in [-0.2, -0.15) is 5.26 Å². The quantitative estimate of drug-likeness (QED) is 0.505. The van der Waals surface area contributed by atoms with Gasteiger partial charge in [0, 0.05) is 16.8 Å². The van der Waals surface area contributed by atoms with Crippen molar-refractivity contribution in [2.45, 2.75) is 13.8 Å². The van der Waals surface area contributed by atoms with Crippen molar-refractivity contribution in [3.05, 3.63) is 65.8 Å². The van der Waals surface area contributed by atoms with Crippen molar-refractivity contribution in [2.24, 2.45) is 0 Å². The molecule has 0 spiro atoms. The van der Waals surface area contributed by atoms with E-state index in [0.29, 0.717) is 11.3 Å². The minimum absolute atomic E-state index is 0.249. The van der Waals surface area contributed by atoms with Crippen molar-refractivity contribution >= 4 is 11.6 Å². The first-order valence-electron chi connectivity index (χ1n) is 5.89. The zero-order valence-corrected chi connectivity index (χ0v) is 11.1. The summed E-state index contributed by atoms with van der Waals surface area (Å²) in [6, 6.07) is 11.1. The van der Waals surface area contributed by atoms with E-state index in [9.17, 15) is 4.79 Å². The molecule has 0 saturated carbocycles. The lowest BCUT2D eigenvalue weighted by Gasteiger charge is -2.09. The molecule has 96 valence electrons. The smallest absolute Gasteiger partial charge is 0.255 e. The van der Waals surface area contributed by atoms with E-state index in [1.165, 1.54) is 6.08 Å². The van der Waals surface area contributed by atoms with Crippen LogP contribution < -0.4 is 5.32 Å². The van der Waals surface area contributed by atoms with E-state index < -0.39 is 0 Å². The van der Waals surface area contributed by atoms with Crippen LogP contribution in [0.3, 0.4) is 0 Å². The number of anilines is 1. The van der Waals surface area contributed by atoms with Gasteiger partial charge in [-0.1, -0.05) is 30.9 Å². The third kappa shape index (κ3) is 4.29. The third-order valence-corrected chi connectivity index (χ3v) is 2.60. The van der Waals surface area contributed by atoms with Crippen LogP contribution in [0.1, 0.15) is 13.8 Å². The Morgan fingerprint density at radius 2 is 2.00 bits per heavy atom. The van der Waals surface area contributed by atoms with Crippen LogP contribution in [0, 0.1) is 11.3 Å². The maximum atomic E-state index is 12.2. The molecule has 0 bridgehead atoms. The Kier molecular flexibility index (Phi) is 5.31. The van der Waals surface area contributed by atoms with Crippen molar-refractivity contribution in [2.75, 3.05) is 5.32 Å². The van der Waals surface area contributed by atoms with Crippen LogP contribution in [-0.2, 0) is 4.79 Å². The van der Waals surface area contributed by atoms with Gasteiger partial charge >= 0.3 is 0 Å². The zero-order valence-electron chi connectivity index (χ0n) is 11.1. The number of hydrogen-bond donors (Lipinski definition) is 1. The maximum absolute atomic E-state index is 12.2. The van der Waals surface area contributed by atoms with Gasteiger partial charge in [0.05, 0.1) is 6.07 Å². The number of allylic oxidation sites excluding steroid dienone is 3. The van der Waals surface area contributed by atoms with Gasteiger partial charge in [-0.3, -0.25) is 4.79 Å². The van der Waals surface area contributed by atoms with Gasteiger partial charge in [0.15, 0.2) is 0 Å². The number of carbonyl (C=O) groups is 1. The van der Waals surface area contributed by atoms with Crippen molar-refractivity contribution in [1.82, 2.24) is 0 Å². The molecule has 0 fully saturated rings. The molecule has 1 aromatic rings. The number of nitriles is 1. The van der Waals surface area contributed by atoms with Gasteiger partial charge in [-0.05, 0) is 37.6 Å². The largest absolute Gasteiger partial charge is 0.322 e. The Hall–Kier alpha value is -2.60. The van der Waals surface area contributed by atoms with Crippen LogP contribution in [0.5, 0.6) is 0 Å². The number of nitrogens with one attached hydrogen (secondary N) is 1. The summed E-state index contributed by atoms with van der Waals surface area (Å²) < 4.78 is 0. The summed E-state index contributed by atoms with van der Waals surface area (Å²) in [5, 5.41) is 11.6. The zero-order chi connectivity index (χ0) is 14.3. The monoisotopic (exact) mass is 252 g/mol. The fourth-order valence-corrected chi connectivity index (χ4v) is 1.44. The first kappa shape index (κ1) is 14.5. The number of nitrogens with zero attached hydrogens (tertiary/aromatic N) is 1. The van der Waals surface area contributed by atoms with Crippen molar-refractivity contribution in [3.63, 3.8) is 0 Å². The second kappa shape index (κ2) is 6.97. The van der Waals surface area contributed by atoms with E-state index in [1.807, 2.05) is 44.2 Å². The average molecular weight is 252 g/mol. The lowest BCUT2D eigenvalue weighted by molar-refractivity contribution is -0.112. The molecular formula is C16H16N2O. The fourth-order valence-electron chi connectivity index (χ4n) is 1.44. The predicted octanol–water partition coefficient (Wildman–Crippen LogP) is 3.60. The van der Waals surface area contributed by atoms with E-state index in [1.54, 1.807) is 12.1 Å². The highest BCUT2D eigenvalue weighted by molar-refractivity contribution is 6.07. The first-order chi connectivity index (χ1) is 9.08. The fraction of sp³-hybridized carbons (Fsp3) is 0.125. The second-order valence-corrected chi connectivity index (χ2v) is 3.99. The van der Waals surface area contributed by atoms with Crippen LogP contribution >= 0.6 is 0 Å². The second-order valence-electron chi connectivity index (χ2n) is 3.99. The Bertz CT molecular complexity index is 575. The molecule has 0 aliphatic heterocycles. The number of benzene rings is 1. The van der Waals surface area contributed by atoms with Crippen molar-refractivity contribution in [3.8, 4) is 6.07 Å². The summed E-state index contributed by atoms with van der Waals surface area (Å²) >= 11 is 0. The Morgan fingerprint density at radius 1 is 1.37 bits per heavy atom. The van der Waals surface area contributed by atoms with Crippen LogP contribution in [0.25, 0.3) is 0 Å². The minimum atomic E-state index is -0.252. The van der Waals surface area contributed by atoms with Gasteiger partial charge in [0.1, 0.15) is 0 Å². The van der Waals surface area contributed by atoms with Crippen LogP contribution in [-0.4, -0.2) is 5.91 Å². The molecule has 0 heterocycles. The van der Waals surface area contributed by atoms with Gasteiger partial charge in [0.25, 0.3) is 5.91 Å². The molecule has 0 unspecified atom stereocenters. The van der Waals surface area contributed by atoms with Gasteiger partial charge in [0.2, 0.25) is 0 Å². The summed E-state index contributed by atoms with van der Waals surface area (Å²) in [4.78, 5) is 12.2. The van der Waals surface area contributed by atoms with E-state index >= 15 is 0 Å². The summed E-state index contributed by atoms with van der Waals surface area (Å²) in [6.45, 7) is 7.24. The van der Waals surface area contributed by atoms with E-state index in [2.05, 4.69) is 11.9 Å². The Labute approximate surface area is 113 Å². The van der Waals surface area contributed by atoms with Crippen LogP contribution in [0.4, 0.5) is 5.69 Å². The number of carbonyl (C=O) groups excluding carboxylic acids is 1. The van der Waals surface area contributed by atoms with Gasteiger partial charge in [-0.25, -0.2) is 0 Å². The van der Waals surface area contributed by atoms with E-state index in [-0.39, 0.29) is 11.5 Å². The molecule has 1 amide bonds.